The molecule has 3 aromatic rings. The molecule has 1 aliphatic rings. The summed E-state index contributed by atoms with van der Waals surface area (Å²) >= 11 is 0. The Labute approximate surface area is 257 Å². The third kappa shape index (κ3) is 10.1. The van der Waals surface area contributed by atoms with Crippen LogP contribution in [0, 0.1) is 11.8 Å². The van der Waals surface area contributed by atoms with E-state index in [2.05, 4.69) is 5.32 Å². The number of rotatable bonds is 8. The zero-order valence-electron chi connectivity index (χ0n) is 25.6. The van der Waals surface area contributed by atoms with Gasteiger partial charge in [0.15, 0.2) is 0 Å². The minimum absolute atomic E-state index is 0.0260. The predicted molar refractivity (Wildman–Crippen MR) is 168 cm³/mol. The van der Waals surface area contributed by atoms with Gasteiger partial charge in [-0.3, -0.25) is 15.0 Å². The van der Waals surface area contributed by atoms with Crippen molar-refractivity contribution in [2.24, 2.45) is 11.8 Å². The SMILES string of the molecule is CC(C)CCS(=O)(=O)N1Cc2cccc(n2)CNCc2cccc(n2)CN(S(=O)(=O)CCC(C)C)Cc2cccc(n2)C1. The van der Waals surface area contributed by atoms with Gasteiger partial charge in [0, 0.05) is 13.1 Å². The van der Waals surface area contributed by atoms with E-state index in [1.807, 2.05) is 64.1 Å². The summed E-state index contributed by atoms with van der Waals surface area (Å²) in [4.78, 5) is 14.2. The van der Waals surface area contributed by atoms with E-state index in [0.29, 0.717) is 48.7 Å². The second kappa shape index (κ2) is 14.8. The van der Waals surface area contributed by atoms with Gasteiger partial charge in [-0.15, -0.1) is 0 Å². The van der Waals surface area contributed by atoms with Gasteiger partial charge in [-0.1, -0.05) is 45.9 Å². The summed E-state index contributed by atoms with van der Waals surface area (Å²) in [5.41, 5.74) is 3.96. The molecule has 12 heteroatoms. The highest BCUT2D eigenvalue weighted by molar-refractivity contribution is 7.89. The lowest BCUT2D eigenvalue weighted by molar-refractivity contribution is 0.380. The van der Waals surface area contributed by atoms with E-state index in [4.69, 9.17) is 15.0 Å². The molecule has 0 fully saturated rings. The highest BCUT2D eigenvalue weighted by Gasteiger charge is 2.26. The van der Waals surface area contributed by atoms with Crippen molar-refractivity contribution < 1.29 is 16.8 Å². The van der Waals surface area contributed by atoms with Gasteiger partial charge in [-0.05, 0) is 61.1 Å². The second-order valence-electron chi connectivity index (χ2n) is 12.0. The van der Waals surface area contributed by atoms with Crippen LogP contribution in [-0.4, -0.2) is 51.9 Å². The maximum atomic E-state index is 13.6. The first-order valence-electron chi connectivity index (χ1n) is 14.9. The molecule has 0 aliphatic carbocycles. The van der Waals surface area contributed by atoms with Crippen LogP contribution in [0.25, 0.3) is 0 Å². The lowest BCUT2D eigenvalue weighted by atomic mass is 10.2. The molecule has 1 aliphatic heterocycles. The molecule has 3 aromatic heterocycles. The molecule has 4 rings (SSSR count). The van der Waals surface area contributed by atoms with Crippen molar-refractivity contribution in [2.75, 3.05) is 11.5 Å². The number of sulfonamides is 2. The lowest BCUT2D eigenvalue weighted by Gasteiger charge is -2.24. The van der Waals surface area contributed by atoms with E-state index < -0.39 is 20.0 Å². The van der Waals surface area contributed by atoms with Crippen LogP contribution in [0.15, 0.2) is 54.6 Å². The Morgan fingerprint density at radius 1 is 0.581 bits per heavy atom. The predicted octanol–water partition coefficient (Wildman–Crippen LogP) is 4.23. The molecule has 0 spiro atoms. The Morgan fingerprint density at radius 2 is 0.884 bits per heavy atom. The number of fused-ring (bicyclic) bond motifs is 6. The highest BCUT2D eigenvalue weighted by atomic mass is 32.2. The van der Waals surface area contributed by atoms with Crippen LogP contribution in [0.3, 0.4) is 0 Å². The fourth-order valence-corrected chi connectivity index (χ4v) is 8.08. The van der Waals surface area contributed by atoms with Crippen LogP contribution in [0.5, 0.6) is 0 Å². The molecule has 0 saturated carbocycles. The molecule has 1 N–H and O–H groups in total. The minimum atomic E-state index is -3.63. The zero-order valence-corrected chi connectivity index (χ0v) is 27.2. The Bertz CT molecular complexity index is 1470. The average molecular weight is 629 g/mol. The van der Waals surface area contributed by atoms with Crippen molar-refractivity contribution >= 4 is 20.0 Å². The van der Waals surface area contributed by atoms with E-state index in [-0.39, 0.29) is 49.5 Å². The first kappa shape index (κ1) is 33.1. The van der Waals surface area contributed by atoms with Gasteiger partial charge in [-0.25, -0.2) is 16.8 Å². The normalized spacial score (nSPS) is 16.2. The molecular formula is C31H44N6O4S2. The zero-order chi connectivity index (χ0) is 31.0. The molecule has 0 unspecified atom stereocenters. The molecule has 0 saturated heterocycles. The van der Waals surface area contributed by atoms with Crippen molar-refractivity contribution in [3.63, 3.8) is 0 Å². The van der Waals surface area contributed by atoms with Crippen molar-refractivity contribution in [1.82, 2.24) is 28.9 Å². The van der Waals surface area contributed by atoms with E-state index in [9.17, 15) is 16.8 Å². The Morgan fingerprint density at radius 3 is 1.21 bits per heavy atom. The molecule has 6 bridgehead atoms. The molecule has 43 heavy (non-hydrogen) atoms. The van der Waals surface area contributed by atoms with E-state index >= 15 is 0 Å². The van der Waals surface area contributed by atoms with E-state index in [1.54, 1.807) is 18.2 Å². The summed E-state index contributed by atoms with van der Waals surface area (Å²) in [6, 6.07) is 16.6. The fraction of sp³-hybridized carbons (Fsp3) is 0.516. The molecule has 0 radical (unpaired) electrons. The monoisotopic (exact) mass is 628 g/mol. The molecule has 10 nitrogen and oxygen atoms in total. The number of hydrogen-bond acceptors (Lipinski definition) is 8. The number of nitrogens with one attached hydrogen (secondary N) is 1. The minimum Gasteiger partial charge on any atom is -0.306 e. The van der Waals surface area contributed by atoms with Gasteiger partial charge in [0.25, 0.3) is 0 Å². The van der Waals surface area contributed by atoms with Gasteiger partial charge in [0.2, 0.25) is 20.0 Å². The Balaban J connectivity index is 1.73. The lowest BCUT2D eigenvalue weighted by Crippen LogP contribution is -2.34. The number of aromatic nitrogens is 3. The maximum Gasteiger partial charge on any atom is 0.214 e. The highest BCUT2D eigenvalue weighted by Crippen LogP contribution is 2.19. The van der Waals surface area contributed by atoms with Gasteiger partial charge in [0.1, 0.15) is 0 Å². The van der Waals surface area contributed by atoms with Crippen molar-refractivity contribution in [3.8, 4) is 0 Å². The molecular weight excluding hydrogens is 585 g/mol. The van der Waals surface area contributed by atoms with Gasteiger partial charge in [-0.2, -0.15) is 8.61 Å². The largest absolute Gasteiger partial charge is 0.306 e. The summed E-state index contributed by atoms with van der Waals surface area (Å²) in [7, 11) is -7.26. The molecule has 0 atom stereocenters. The van der Waals surface area contributed by atoms with E-state index in [1.165, 1.54) is 8.61 Å². The smallest absolute Gasteiger partial charge is 0.214 e. The molecule has 0 amide bonds. The second-order valence-corrected chi connectivity index (χ2v) is 16.2. The van der Waals surface area contributed by atoms with Gasteiger partial charge in [0.05, 0.1) is 71.8 Å². The van der Waals surface area contributed by atoms with Gasteiger partial charge < -0.3 is 5.32 Å². The average Bonchev–Trinajstić information content (AvgIpc) is 2.95. The van der Waals surface area contributed by atoms with Crippen molar-refractivity contribution in [2.45, 2.75) is 79.8 Å². The summed E-state index contributed by atoms with van der Waals surface area (Å²) in [6.45, 7) is 9.30. The quantitative estimate of drug-likeness (QED) is 0.393. The van der Waals surface area contributed by atoms with Crippen LogP contribution in [-0.2, 0) is 59.3 Å². The van der Waals surface area contributed by atoms with Crippen LogP contribution in [0.1, 0.15) is 74.7 Å². The maximum absolute atomic E-state index is 13.6. The van der Waals surface area contributed by atoms with Crippen LogP contribution in [0.4, 0.5) is 0 Å². The van der Waals surface area contributed by atoms with Gasteiger partial charge >= 0.3 is 0 Å². The summed E-state index contributed by atoms with van der Waals surface area (Å²) < 4.78 is 57.2. The van der Waals surface area contributed by atoms with Crippen molar-refractivity contribution in [3.05, 3.63) is 88.8 Å². The first-order valence-corrected chi connectivity index (χ1v) is 18.1. The van der Waals surface area contributed by atoms with E-state index in [0.717, 1.165) is 11.4 Å². The van der Waals surface area contributed by atoms with Crippen LogP contribution >= 0.6 is 0 Å². The first-order chi connectivity index (χ1) is 20.4. The summed E-state index contributed by atoms with van der Waals surface area (Å²) in [5, 5.41) is 3.36. The topological polar surface area (TPSA) is 125 Å². The van der Waals surface area contributed by atoms with Crippen molar-refractivity contribution in [1.29, 1.82) is 0 Å². The van der Waals surface area contributed by atoms with Crippen LogP contribution < -0.4 is 5.32 Å². The fourth-order valence-electron chi connectivity index (χ4n) is 4.71. The number of hydrogen-bond donors (Lipinski definition) is 1. The molecule has 234 valence electrons. The number of nitrogens with zero attached hydrogens (tertiary/aromatic N) is 5. The molecule has 4 heterocycles. The van der Waals surface area contributed by atoms with Crippen LogP contribution in [0.2, 0.25) is 0 Å². The third-order valence-corrected chi connectivity index (χ3v) is 10.8. The molecule has 0 aromatic carbocycles. The third-order valence-electron chi connectivity index (χ3n) is 7.25. The Hall–Kier alpha value is -2.77. The summed E-state index contributed by atoms with van der Waals surface area (Å²) in [6.07, 6.45) is 1.09. The standard InChI is InChI=1S/C31H44N6O4S2/c1-24(2)14-16-42(38,39)36-20-28-10-5-8-26(33-28)18-32-19-27-9-6-11-29(34-27)21-37(43(40,41)17-15-25(3)4)23-31-13-7-12-30(22-36)35-31/h5-13,24-25,32H,14-23H2,1-4H3. The summed E-state index contributed by atoms with van der Waals surface area (Å²) in [5.74, 6) is 0.528. The number of pyridine rings is 3. The Kier molecular flexibility index (Phi) is 11.4.